The molecule has 1 saturated carbocycles. The van der Waals surface area contributed by atoms with Crippen LogP contribution in [-0.2, 0) is 0 Å². The molecule has 0 spiro atoms. The largest absolute Gasteiger partial charge is 0.310 e. The van der Waals surface area contributed by atoms with Crippen LogP contribution in [0.2, 0.25) is 0 Å². The average molecular weight is 235 g/mol. The fraction of sp³-hybridized carbons (Fsp3) is 0.875. The van der Waals surface area contributed by atoms with Gasteiger partial charge in [-0.2, -0.15) is 0 Å². The van der Waals surface area contributed by atoms with Gasteiger partial charge in [0.1, 0.15) is 0 Å². The Kier molecular flexibility index (Phi) is 7.37. The third-order valence-electron chi connectivity index (χ3n) is 4.11. The number of hydrogen-bond acceptors (Lipinski definition) is 1. The zero-order chi connectivity index (χ0) is 12.5. The zero-order valence-corrected chi connectivity index (χ0v) is 11.7. The Morgan fingerprint density at radius 1 is 1.24 bits per heavy atom. The van der Waals surface area contributed by atoms with Crippen LogP contribution in [-0.4, -0.2) is 12.1 Å². The predicted octanol–water partition coefficient (Wildman–Crippen LogP) is 4.13. The molecule has 3 unspecified atom stereocenters. The second-order valence-corrected chi connectivity index (χ2v) is 5.54. The minimum atomic E-state index is 0.535. The predicted molar refractivity (Wildman–Crippen MR) is 75.9 cm³/mol. The lowest BCUT2D eigenvalue weighted by atomic mass is 9.95. The molecule has 98 valence electrons. The molecule has 1 N–H and O–H groups in total. The highest BCUT2D eigenvalue weighted by Gasteiger charge is 2.19. The average Bonchev–Trinajstić information content (AvgIpc) is 2.55. The highest BCUT2D eigenvalue weighted by molar-refractivity contribution is 4.90. The Balaban J connectivity index is 2.32. The molecule has 0 radical (unpaired) electrons. The first-order valence-corrected chi connectivity index (χ1v) is 7.49. The van der Waals surface area contributed by atoms with Crippen molar-refractivity contribution in [2.24, 2.45) is 5.92 Å². The zero-order valence-electron chi connectivity index (χ0n) is 11.7. The minimum absolute atomic E-state index is 0.535. The second-order valence-electron chi connectivity index (χ2n) is 5.54. The van der Waals surface area contributed by atoms with Gasteiger partial charge < -0.3 is 5.32 Å². The van der Waals surface area contributed by atoms with Crippen LogP contribution in [0.25, 0.3) is 0 Å². The van der Waals surface area contributed by atoms with E-state index in [9.17, 15) is 0 Å². The molecule has 1 aliphatic rings. The van der Waals surface area contributed by atoms with Crippen molar-refractivity contribution in [1.82, 2.24) is 5.32 Å². The van der Waals surface area contributed by atoms with Gasteiger partial charge in [0.25, 0.3) is 0 Å². The summed E-state index contributed by atoms with van der Waals surface area (Å²) in [5, 5.41) is 3.77. The number of terminal acetylenes is 1. The maximum atomic E-state index is 5.41. The summed E-state index contributed by atoms with van der Waals surface area (Å²) in [5.74, 6) is 3.78. The van der Waals surface area contributed by atoms with Crippen molar-refractivity contribution in [2.45, 2.75) is 83.7 Å². The van der Waals surface area contributed by atoms with Gasteiger partial charge in [0.2, 0.25) is 0 Å². The fourth-order valence-corrected chi connectivity index (χ4v) is 3.04. The first kappa shape index (κ1) is 14.6. The van der Waals surface area contributed by atoms with Gasteiger partial charge in [-0.05, 0) is 31.6 Å². The third-order valence-corrected chi connectivity index (χ3v) is 4.11. The maximum Gasteiger partial charge on any atom is 0.0240 e. The van der Waals surface area contributed by atoms with Crippen molar-refractivity contribution in [1.29, 1.82) is 0 Å². The molecule has 0 saturated heterocycles. The van der Waals surface area contributed by atoms with E-state index in [0.717, 1.165) is 24.8 Å². The molecule has 0 aliphatic heterocycles. The Labute approximate surface area is 108 Å². The van der Waals surface area contributed by atoms with Gasteiger partial charge >= 0.3 is 0 Å². The molecule has 1 fully saturated rings. The van der Waals surface area contributed by atoms with Crippen molar-refractivity contribution in [3.63, 3.8) is 0 Å². The van der Waals surface area contributed by atoms with Crippen molar-refractivity contribution in [3.8, 4) is 12.3 Å². The summed E-state index contributed by atoms with van der Waals surface area (Å²) >= 11 is 0. The van der Waals surface area contributed by atoms with E-state index in [-0.39, 0.29) is 0 Å². The minimum Gasteiger partial charge on any atom is -0.310 e. The van der Waals surface area contributed by atoms with Crippen LogP contribution in [0.1, 0.15) is 71.6 Å². The van der Waals surface area contributed by atoms with E-state index in [1.54, 1.807) is 0 Å². The Hall–Kier alpha value is -0.480. The topological polar surface area (TPSA) is 12.0 Å². The summed E-state index contributed by atoms with van der Waals surface area (Å²) in [7, 11) is 0. The van der Waals surface area contributed by atoms with Crippen LogP contribution in [0.4, 0.5) is 0 Å². The van der Waals surface area contributed by atoms with Gasteiger partial charge in [-0.25, -0.2) is 0 Å². The van der Waals surface area contributed by atoms with Gasteiger partial charge in [0, 0.05) is 18.5 Å². The van der Waals surface area contributed by atoms with Crippen LogP contribution in [0.5, 0.6) is 0 Å². The molecule has 17 heavy (non-hydrogen) atoms. The highest BCUT2D eigenvalue weighted by atomic mass is 14.9. The lowest BCUT2D eigenvalue weighted by Crippen LogP contribution is -2.37. The van der Waals surface area contributed by atoms with E-state index in [1.807, 2.05) is 0 Å². The summed E-state index contributed by atoms with van der Waals surface area (Å²) in [6.45, 7) is 4.53. The van der Waals surface area contributed by atoms with Gasteiger partial charge in [0.05, 0.1) is 0 Å². The van der Waals surface area contributed by atoms with Crippen LogP contribution >= 0.6 is 0 Å². The standard InChI is InChI=1S/C16H29N/c1-4-8-14-10-7-11-16(13-12-14)17-15(6-3)9-5-2/h2,14-17H,4,6-13H2,1,3H3. The highest BCUT2D eigenvalue weighted by Crippen LogP contribution is 2.27. The summed E-state index contributed by atoms with van der Waals surface area (Å²) in [5.41, 5.74) is 0. The molecule has 0 aromatic rings. The number of hydrogen-bond donors (Lipinski definition) is 1. The summed E-state index contributed by atoms with van der Waals surface area (Å²) in [4.78, 5) is 0. The van der Waals surface area contributed by atoms with Gasteiger partial charge in [-0.3, -0.25) is 0 Å². The summed E-state index contributed by atoms with van der Waals surface area (Å²) in [6.07, 6.45) is 17.2. The smallest absolute Gasteiger partial charge is 0.0240 e. The van der Waals surface area contributed by atoms with E-state index in [4.69, 9.17) is 6.42 Å². The summed E-state index contributed by atoms with van der Waals surface area (Å²) in [6, 6.07) is 1.25. The first-order valence-electron chi connectivity index (χ1n) is 7.49. The van der Waals surface area contributed by atoms with Crippen molar-refractivity contribution in [3.05, 3.63) is 0 Å². The van der Waals surface area contributed by atoms with Gasteiger partial charge in [0.15, 0.2) is 0 Å². The molecular formula is C16H29N. The van der Waals surface area contributed by atoms with Crippen molar-refractivity contribution < 1.29 is 0 Å². The quantitative estimate of drug-likeness (QED) is 0.539. The van der Waals surface area contributed by atoms with Gasteiger partial charge in [-0.1, -0.05) is 39.5 Å². The van der Waals surface area contributed by atoms with E-state index in [1.165, 1.54) is 44.9 Å². The molecule has 3 atom stereocenters. The Bertz CT molecular complexity index is 228. The first-order chi connectivity index (χ1) is 8.30. The van der Waals surface area contributed by atoms with Crippen molar-refractivity contribution in [2.75, 3.05) is 0 Å². The monoisotopic (exact) mass is 235 g/mol. The van der Waals surface area contributed by atoms with Crippen LogP contribution in [0, 0.1) is 18.3 Å². The third kappa shape index (κ3) is 5.59. The fourth-order valence-electron chi connectivity index (χ4n) is 3.04. The van der Waals surface area contributed by atoms with E-state index in [2.05, 4.69) is 25.1 Å². The van der Waals surface area contributed by atoms with Crippen LogP contribution in [0.3, 0.4) is 0 Å². The molecule has 0 heterocycles. The molecular weight excluding hydrogens is 206 g/mol. The molecule has 1 heteroatoms. The van der Waals surface area contributed by atoms with E-state index < -0.39 is 0 Å². The summed E-state index contributed by atoms with van der Waals surface area (Å²) < 4.78 is 0. The molecule has 1 aliphatic carbocycles. The van der Waals surface area contributed by atoms with Crippen LogP contribution < -0.4 is 5.32 Å². The molecule has 1 nitrogen and oxygen atoms in total. The second kappa shape index (κ2) is 8.59. The molecule has 0 aromatic carbocycles. The normalized spacial score (nSPS) is 27.1. The molecule has 1 rings (SSSR count). The van der Waals surface area contributed by atoms with Gasteiger partial charge in [-0.15, -0.1) is 12.3 Å². The Morgan fingerprint density at radius 2 is 2.06 bits per heavy atom. The lowest BCUT2D eigenvalue weighted by molar-refractivity contribution is 0.376. The molecule has 0 aromatic heterocycles. The number of nitrogens with one attached hydrogen (secondary N) is 1. The van der Waals surface area contributed by atoms with E-state index in [0.29, 0.717) is 6.04 Å². The molecule has 0 bridgehead atoms. The Morgan fingerprint density at radius 3 is 2.71 bits per heavy atom. The van der Waals surface area contributed by atoms with Crippen molar-refractivity contribution >= 4 is 0 Å². The SMILES string of the molecule is C#CCC(CC)NC1CCCC(CCC)CC1. The number of rotatable bonds is 6. The van der Waals surface area contributed by atoms with E-state index >= 15 is 0 Å². The molecule has 0 amide bonds. The maximum absolute atomic E-state index is 5.41. The van der Waals surface area contributed by atoms with Crippen LogP contribution in [0.15, 0.2) is 0 Å². The lowest BCUT2D eigenvalue weighted by Gasteiger charge is -2.22.